The maximum absolute atomic E-state index is 13.5. The molecule has 6 atom stereocenters. The van der Waals surface area contributed by atoms with Gasteiger partial charge in [-0.2, -0.15) is 0 Å². The highest BCUT2D eigenvalue weighted by Crippen LogP contribution is 2.28. The highest BCUT2D eigenvalue weighted by atomic mass is 16.6. The largest absolute Gasteiger partial charge is 0.439 e. The summed E-state index contributed by atoms with van der Waals surface area (Å²) >= 11 is 0. The lowest BCUT2D eigenvalue weighted by Gasteiger charge is -2.30. The number of amides is 2. The number of carbonyl (C=O) groups excluding carboxylic acids is 4. The number of nitrogens with two attached hydrogens (primary N) is 1. The summed E-state index contributed by atoms with van der Waals surface area (Å²) in [6.45, 7) is 10.9. The Kier molecular flexibility index (Phi) is 13.1. The van der Waals surface area contributed by atoms with Crippen molar-refractivity contribution in [1.29, 1.82) is 0 Å². The Morgan fingerprint density at radius 2 is 1.90 bits per heavy atom. The monoisotopic (exact) mass is 585 g/mol. The molecule has 2 rings (SSSR count). The number of aliphatic hydroxyl groups excluding tert-OH is 1. The summed E-state index contributed by atoms with van der Waals surface area (Å²) in [6, 6.07) is 0. The first-order valence-electron chi connectivity index (χ1n) is 13.8. The van der Waals surface area contributed by atoms with Crippen LogP contribution in [0.1, 0.15) is 40.5 Å². The predicted octanol–water partition coefficient (Wildman–Crippen LogP) is 2.54. The second-order valence-corrected chi connectivity index (χ2v) is 10.6. The van der Waals surface area contributed by atoms with Crippen LogP contribution in [0.3, 0.4) is 0 Å². The van der Waals surface area contributed by atoms with Gasteiger partial charge in [0.05, 0.1) is 23.6 Å². The number of carbonyl (C=O) groups is 4. The number of nitrogens with one attached hydrogen (secondary N) is 2. The van der Waals surface area contributed by atoms with E-state index in [9.17, 15) is 24.3 Å². The molecule has 0 spiro atoms. The van der Waals surface area contributed by atoms with Gasteiger partial charge in [-0.05, 0) is 38.2 Å². The molecule has 0 radical (unpaired) electrons. The molecule has 230 valence electrons. The van der Waals surface area contributed by atoms with E-state index < -0.39 is 53.9 Å². The first kappa shape index (κ1) is 34.4. The van der Waals surface area contributed by atoms with Crippen LogP contribution in [0.2, 0.25) is 0 Å². The van der Waals surface area contributed by atoms with Gasteiger partial charge in [0.2, 0.25) is 11.6 Å². The van der Waals surface area contributed by atoms with Crippen LogP contribution >= 0.6 is 0 Å². The third-order valence-corrected chi connectivity index (χ3v) is 7.22. The number of ketones is 2. The SMILES string of the molecule is C=CCNC1=C2C[C@@H](C)C[C@H](OC)[C@@H](O)[C@@H](C)/C=C(\C)[C@H](OC(N)=O)[C@@H](OC)/C=C\C=C(/C)C(=O)NC(=CC1=O)C2=O. The molecular weight excluding hydrogens is 542 g/mol. The molecule has 0 aromatic rings. The van der Waals surface area contributed by atoms with E-state index in [2.05, 4.69) is 17.2 Å². The minimum atomic E-state index is -1.00. The molecule has 11 nitrogen and oxygen atoms in total. The summed E-state index contributed by atoms with van der Waals surface area (Å²) in [6.07, 6.45) is 5.34. The second-order valence-electron chi connectivity index (χ2n) is 10.6. The molecule has 0 aromatic carbocycles. The fraction of sp³-hybridized carbons (Fsp3) is 0.484. The molecule has 2 aliphatic rings. The van der Waals surface area contributed by atoms with Gasteiger partial charge in [-0.1, -0.05) is 44.2 Å². The van der Waals surface area contributed by atoms with E-state index in [1.807, 2.05) is 6.92 Å². The van der Waals surface area contributed by atoms with Crippen LogP contribution in [0.25, 0.3) is 0 Å². The Morgan fingerprint density at radius 1 is 1.21 bits per heavy atom. The van der Waals surface area contributed by atoms with Gasteiger partial charge in [0.25, 0.3) is 5.91 Å². The van der Waals surface area contributed by atoms with Gasteiger partial charge in [0.1, 0.15) is 6.10 Å². The standard InChI is InChI=1S/C31H43N3O8/c1-8-12-33-26-21-13-17(2)14-25(41-7)27(36)19(4)15-20(5)29(42-31(32)39)24(40-6)11-9-10-18(3)30(38)34-22(28(21)37)16-23(26)35/h8-11,15-17,19,24-25,27,29,33,36H,1,12-14H2,2-7H3,(H2,32,39)(H,34,38)/b11-9-,18-10+,20-15+/t17-,19+,24+,25+,27+,29+/m1/s1. The summed E-state index contributed by atoms with van der Waals surface area (Å²) in [4.78, 5) is 51.3. The maximum Gasteiger partial charge on any atom is 0.405 e. The van der Waals surface area contributed by atoms with Crippen LogP contribution in [0, 0.1) is 11.8 Å². The van der Waals surface area contributed by atoms with E-state index >= 15 is 0 Å². The Balaban J connectivity index is 2.62. The number of primary amides is 1. The molecule has 5 N–H and O–H groups in total. The zero-order valence-electron chi connectivity index (χ0n) is 25.1. The van der Waals surface area contributed by atoms with Crippen molar-refractivity contribution < 1.29 is 38.5 Å². The number of methoxy groups -OCH3 is 2. The predicted molar refractivity (Wildman–Crippen MR) is 158 cm³/mol. The summed E-state index contributed by atoms with van der Waals surface area (Å²) in [5.74, 6) is -2.14. The minimum Gasteiger partial charge on any atom is -0.439 e. The third kappa shape index (κ3) is 9.10. The van der Waals surface area contributed by atoms with Gasteiger partial charge >= 0.3 is 6.09 Å². The second kappa shape index (κ2) is 16.0. The van der Waals surface area contributed by atoms with Crippen molar-refractivity contribution in [3.05, 3.63) is 71.1 Å². The molecule has 11 heteroatoms. The Labute approximate surface area is 247 Å². The highest BCUT2D eigenvalue weighted by Gasteiger charge is 2.33. The number of rotatable bonds is 6. The molecular formula is C31H43N3O8. The summed E-state index contributed by atoms with van der Waals surface area (Å²) in [7, 11) is 2.92. The topological polar surface area (TPSA) is 166 Å². The number of fused-ring (bicyclic) bond motifs is 2. The number of allylic oxidation sites excluding steroid dienone is 4. The number of hydrogen-bond acceptors (Lipinski definition) is 9. The van der Waals surface area contributed by atoms with E-state index in [0.29, 0.717) is 12.0 Å². The third-order valence-electron chi connectivity index (χ3n) is 7.22. The van der Waals surface area contributed by atoms with Crippen molar-refractivity contribution in [3.8, 4) is 0 Å². The molecule has 0 fully saturated rings. The van der Waals surface area contributed by atoms with Crippen molar-refractivity contribution in [2.24, 2.45) is 17.6 Å². The summed E-state index contributed by atoms with van der Waals surface area (Å²) in [5.41, 5.74) is 6.42. The Morgan fingerprint density at radius 3 is 2.50 bits per heavy atom. The van der Waals surface area contributed by atoms with Crippen LogP contribution in [0.4, 0.5) is 4.79 Å². The van der Waals surface area contributed by atoms with Crippen LogP contribution in [-0.2, 0) is 28.6 Å². The van der Waals surface area contributed by atoms with Crippen molar-refractivity contribution in [2.45, 2.75) is 65.0 Å². The lowest BCUT2D eigenvalue weighted by Crippen LogP contribution is -2.37. The molecule has 42 heavy (non-hydrogen) atoms. The summed E-state index contributed by atoms with van der Waals surface area (Å²) in [5, 5.41) is 16.7. The molecule has 0 saturated heterocycles. The van der Waals surface area contributed by atoms with Crippen molar-refractivity contribution in [3.63, 3.8) is 0 Å². The van der Waals surface area contributed by atoms with Gasteiger partial charge in [0, 0.05) is 43.9 Å². The van der Waals surface area contributed by atoms with Crippen LogP contribution in [0.15, 0.2) is 71.1 Å². The van der Waals surface area contributed by atoms with E-state index in [-0.39, 0.29) is 41.4 Å². The molecule has 2 bridgehead atoms. The van der Waals surface area contributed by atoms with Crippen molar-refractivity contribution in [1.82, 2.24) is 10.6 Å². The fourth-order valence-corrected chi connectivity index (χ4v) is 4.95. The highest BCUT2D eigenvalue weighted by molar-refractivity contribution is 6.23. The maximum atomic E-state index is 13.5. The van der Waals surface area contributed by atoms with Gasteiger partial charge in [-0.3, -0.25) is 14.4 Å². The van der Waals surface area contributed by atoms with Crippen LogP contribution < -0.4 is 16.4 Å². The van der Waals surface area contributed by atoms with E-state index in [1.54, 1.807) is 45.1 Å². The van der Waals surface area contributed by atoms with Gasteiger partial charge < -0.3 is 35.7 Å². The minimum absolute atomic E-state index is 0.132. The van der Waals surface area contributed by atoms with Gasteiger partial charge in [0.15, 0.2) is 6.10 Å². The Hall–Kier alpha value is -3.80. The van der Waals surface area contributed by atoms with Crippen molar-refractivity contribution in [2.75, 3.05) is 20.8 Å². The molecule has 0 saturated carbocycles. The molecule has 1 aliphatic carbocycles. The van der Waals surface area contributed by atoms with E-state index in [1.165, 1.54) is 20.3 Å². The molecule has 2 amide bonds. The molecule has 0 aromatic heterocycles. The van der Waals surface area contributed by atoms with Gasteiger partial charge in [-0.25, -0.2) is 4.79 Å². The van der Waals surface area contributed by atoms with Crippen LogP contribution in [-0.4, -0.2) is 73.9 Å². The van der Waals surface area contributed by atoms with Crippen molar-refractivity contribution >= 4 is 23.6 Å². The Bertz CT molecular complexity index is 1210. The first-order valence-corrected chi connectivity index (χ1v) is 13.8. The lowest BCUT2D eigenvalue weighted by molar-refractivity contribution is -0.120. The zero-order chi connectivity index (χ0) is 31.6. The number of ether oxygens (including phenoxy) is 3. The van der Waals surface area contributed by atoms with Crippen LogP contribution in [0.5, 0.6) is 0 Å². The smallest absolute Gasteiger partial charge is 0.405 e. The number of Topliss-reactive ketones (excluding diaryl/α,β-unsaturated/α-hetero) is 1. The quantitative estimate of drug-likeness (QED) is 0.271. The van der Waals surface area contributed by atoms with E-state index in [0.717, 1.165) is 6.08 Å². The first-order chi connectivity index (χ1) is 19.8. The average Bonchev–Trinajstić information content (AvgIpc) is 2.94. The number of hydrogen-bond donors (Lipinski definition) is 4. The zero-order valence-corrected chi connectivity index (χ0v) is 25.1. The number of aliphatic hydroxyl groups is 1. The molecule has 0 unspecified atom stereocenters. The fourth-order valence-electron chi connectivity index (χ4n) is 4.95. The molecule has 1 heterocycles. The summed E-state index contributed by atoms with van der Waals surface area (Å²) < 4.78 is 16.6. The normalized spacial score (nSPS) is 31.6. The average molecular weight is 586 g/mol. The van der Waals surface area contributed by atoms with E-state index in [4.69, 9.17) is 19.9 Å². The lowest BCUT2D eigenvalue weighted by atomic mass is 9.85. The van der Waals surface area contributed by atoms with Gasteiger partial charge in [-0.15, -0.1) is 6.58 Å². The molecule has 1 aliphatic heterocycles.